The highest BCUT2D eigenvalue weighted by atomic mass is 19.4. The van der Waals surface area contributed by atoms with Crippen LogP contribution in [0.3, 0.4) is 0 Å². The first-order chi connectivity index (χ1) is 12.3. The van der Waals surface area contributed by atoms with Crippen molar-refractivity contribution in [3.63, 3.8) is 0 Å². The second-order valence-electron chi connectivity index (χ2n) is 9.01. The zero-order chi connectivity index (χ0) is 20.2. The van der Waals surface area contributed by atoms with Gasteiger partial charge in [0.1, 0.15) is 0 Å². The number of hydrogen-bond donors (Lipinski definition) is 0. The minimum Gasteiger partial charge on any atom is -0.403 e. The Hall–Kier alpha value is -2.30. The summed E-state index contributed by atoms with van der Waals surface area (Å²) in [6.45, 7) is 12.8. The standard InChI is InChI=1S/C22H25F3NO/c1-20(2,3)15-11-17(21(4,5)6)19-18(12-15)26(13-27-19)16-9-7-14(8-10-16)22(23,24)25/h7-13H,1-6H3/q+1. The van der Waals surface area contributed by atoms with Gasteiger partial charge in [-0.15, -0.1) is 4.57 Å². The van der Waals surface area contributed by atoms with Crippen molar-refractivity contribution < 1.29 is 22.2 Å². The van der Waals surface area contributed by atoms with Gasteiger partial charge in [-0.25, -0.2) is 0 Å². The molecule has 27 heavy (non-hydrogen) atoms. The molecule has 0 aliphatic heterocycles. The van der Waals surface area contributed by atoms with E-state index in [9.17, 15) is 13.2 Å². The monoisotopic (exact) mass is 376 g/mol. The zero-order valence-electron chi connectivity index (χ0n) is 16.5. The predicted octanol–water partition coefficient (Wildman–Crippen LogP) is 6.32. The van der Waals surface area contributed by atoms with E-state index in [1.807, 2.05) is 0 Å². The quantitative estimate of drug-likeness (QED) is 0.454. The van der Waals surface area contributed by atoms with Crippen molar-refractivity contribution in [2.24, 2.45) is 0 Å². The summed E-state index contributed by atoms with van der Waals surface area (Å²) in [5.74, 6) is 0. The summed E-state index contributed by atoms with van der Waals surface area (Å²) in [6.07, 6.45) is -2.78. The molecule has 0 N–H and O–H groups in total. The second kappa shape index (κ2) is 6.11. The Labute approximate surface area is 157 Å². The SMILES string of the molecule is CC(C)(C)c1cc(C(C)(C)C)c2oc[n+](-c3ccc(C(F)(F)F)cc3)c2c1. The van der Waals surface area contributed by atoms with E-state index in [1.165, 1.54) is 12.1 Å². The van der Waals surface area contributed by atoms with Gasteiger partial charge in [0.05, 0.1) is 5.56 Å². The van der Waals surface area contributed by atoms with Crippen molar-refractivity contribution in [1.82, 2.24) is 0 Å². The van der Waals surface area contributed by atoms with Gasteiger partial charge in [0.25, 0.3) is 5.52 Å². The third-order valence-electron chi connectivity index (χ3n) is 4.75. The van der Waals surface area contributed by atoms with Gasteiger partial charge in [-0.3, -0.25) is 0 Å². The Balaban J connectivity index is 2.23. The number of benzene rings is 2. The molecule has 0 radical (unpaired) electrons. The van der Waals surface area contributed by atoms with Crippen LogP contribution in [-0.4, -0.2) is 0 Å². The molecule has 1 heterocycles. The van der Waals surface area contributed by atoms with Crippen LogP contribution in [0.4, 0.5) is 13.2 Å². The lowest BCUT2D eigenvalue weighted by atomic mass is 9.80. The minimum absolute atomic E-state index is 0.0660. The molecule has 3 aromatic rings. The summed E-state index contributed by atoms with van der Waals surface area (Å²) in [5, 5.41) is 0. The fraction of sp³-hybridized carbons (Fsp3) is 0.409. The average Bonchev–Trinajstić information content (AvgIpc) is 2.95. The number of fused-ring (bicyclic) bond motifs is 1. The third-order valence-corrected chi connectivity index (χ3v) is 4.75. The van der Waals surface area contributed by atoms with Gasteiger partial charge < -0.3 is 4.42 Å². The van der Waals surface area contributed by atoms with Crippen molar-refractivity contribution >= 4 is 11.1 Å². The van der Waals surface area contributed by atoms with Crippen LogP contribution in [0.1, 0.15) is 58.2 Å². The van der Waals surface area contributed by atoms with E-state index < -0.39 is 11.7 Å². The summed E-state index contributed by atoms with van der Waals surface area (Å²) in [5.41, 5.74) is 3.62. The molecule has 0 saturated heterocycles. The molecule has 1 aromatic heterocycles. The lowest BCUT2D eigenvalue weighted by Crippen LogP contribution is -2.29. The molecule has 3 rings (SSSR count). The Morgan fingerprint density at radius 2 is 1.37 bits per heavy atom. The second-order valence-corrected chi connectivity index (χ2v) is 9.01. The topological polar surface area (TPSA) is 17.0 Å². The van der Waals surface area contributed by atoms with Crippen molar-refractivity contribution in [1.29, 1.82) is 0 Å². The van der Waals surface area contributed by atoms with Crippen molar-refractivity contribution in [2.45, 2.75) is 58.5 Å². The number of rotatable bonds is 1. The molecular weight excluding hydrogens is 351 g/mol. The van der Waals surface area contributed by atoms with Gasteiger partial charge in [0.2, 0.25) is 11.3 Å². The summed E-state index contributed by atoms with van der Waals surface area (Å²) in [7, 11) is 0. The van der Waals surface area contributed by atoms with E-state index in [0.29, 0.717) is 5.69 Å². The Bertz CT molecular complexity index is 968. The van der Waals surface area contributed by atoms with Gasteiger partial charge in [-0.05, 0) is 28.5 Å². The van der Waals surface area contributed by atoms with E-state index in [0.717, 1.165) is 34.4 Å². The van der Waals surface area contributed by atoms with Gasteiger partial charge in [-0.2, -0.15) is 13.2 Å². The van der Waals surface area contributed by atoms with E-state index >= 15 is 0 Å². The van der Waals surface area contributed by atoms with E-state index in [1.54, 1.807) is 11.0 Å². The number of nitrogens with zero attached hydrogens (tertiary/aromatic N) is 1. The largest absolute Gasteiger partial charge is 0.416 e. The Kier molecular flexibility index (Phi) is 4.41. The van der Waals surface area contributed by atoms with Crippen LogP contribution in [0.5, 0.6) is 0 Å². The maximum absolute atomic E-state index is 12.9. The molecular formula is C22H25F3NO+. The fourth-order valence-electron chi connectivity index (χ4n) is 3.08. The smallest absolute Gasteiger partial charge is 0.403 e. The van der Waals surface area contributed by atoms with Gasteiger partial charge in [0.15, 0.2) is 0 Å². The highest BCUT2D eigenvalue weighted by Crippen LogP contribution is 2.35. The number of alkyl halides is 3. The molecule has 0 spiro atoms. The molecule has 0 unspecified atom stereocenters. The minimum atomic E-state index is -4.35. The van der Waals surface area contributed by atoms with Crippen LogP contribution < -0.4 is 4.57 Å². The van der Waals surface area contributed by atoms with Crippen LogP contribution in [0.25, 0.3) is 16.8 Å². The maximum Gasteiger partial charge on any atom is 0.416 e. The van der Waals surface area contributed by atoms with Crippen LogP contribution in [0, 0.1) is 0 Å². The van der Waals surface area contributed by atoms with E-state index in [4.69, 9.17) is 4.42 Å². The normalized spacial score (nSPS) is 13.4. The number of hydrogen-bond acceptors (Lipinski definition) is 1. The van der Waals surface area contributed by atoms with Crippen molar-refractivity contribution in [3.8, 4) is 5.69 Å². The van der Waals surface area contributed by atoms with Crippen LogP contribution >= 0.6 is 0 Å². The summed E-state index contributed by atoms with van der Waals surface area (Å²) < 4.78 is 46.2. The molecule has 0 aliphatic rings. The first kappa shape index (κ1) is 19.5. The number of aromatic nitrogens is 1. The highest BCUT2D eigenvalue weighted by molar-refractivity contribution is 5.76. The van der Waals surface area contributed by atoms with E-state index in [-0.39, 0.29) is 10.8 Å². The first-order valence-electron chi connectivity index (χ1n) is 8.94. The summed E-state index contributed by atoms with van der Waals surface area (Å²) in [4.78, 5) is 0. The molecule has 0 aliphatic carbocycles. The average molecular weight is 376 g/mol. The highest BCUT2D eigenvalue weighted by Gasteiger charge is 2.32. The predicted molar refractivity (Wildman–Crippen MR) is 100 cm³/mol. The molecule has 0 amide bonds. The summed E-state index contributed by atoms with van der Waals surface area (Å²) in [6, 6.07) is 9.37. The first-order valence-corrected chi connectivity index (χ1v) is 8.94. The molecule has 144 valence electrons. The third kappa shape index (κ3) is 3.73. The van der Waals surface area contributed by atoms with Crippen molar-refractivity contribution in [3.05, 3.63) is 59.5 Å². The molecule has 2 aromatic carbocycles. The fourth-order valence-corrected chi connectivity index (χ4v) is 3.08. The molecule has 2 nitrogen and oxygen atoms in total. The molecule has 0 bridgehead atoms. The van der Waals surface area contributed by atoms with E-state index in [2.05, 4.69) is 53.7 Å². The lowest BCUT2D eigenvalue weighted by molar-refractivity contribution is -0.573. The lowest BCUT2D eigenvalue weighted by Gasteiger charge is -2.24. The zero-order valence-corrected chi connectivity index (χ0v) is 16.5. The van der Waals surface area contributed by atoms with Gasteiger partial charge >= 0.3 is 12.6 Å². The van der Waals surface area contributed by atoms with Crippen LogP contribution in [-0.2, 0) is 17.0 Å². The van der Waals surface area contributed by atoms with Crippen molar-refractivity contribution in [2.75, 3.05) is 0 Å². The molecule has 5 heteroatoms. The summed E-state index contributed by atoms with van der Waals surface area (Å²) >= 11 is 0. The van der Waals surface area contributed by atoms with Crippen LogP contribution in [0.15, 0.2) is 47.2 Å². The number of halogens is 3. The van der Waals surface area contributed by atoms with Gasteiger partial charge in [-0.1, -0.05) is 47.6 Å². The molecule has 0 saturated carbocycles. The Morgan fingerprint density at radius 1 is 0.778 bits per heavy atom. The molecule has 0 fully saturated rings. The van der Waals surface area contributed by atoms with Gasteiger partial charge in [0, 0.05) is 23.8 Å². The molecule has 0 atom stereocenters. The maximum atomic E-state index is 12.9. The Morgan fingerprint density at radius 3 is 1.85 bits per heavy atom. The van der Waals surface area contributed by atoms with Crippen LogP contribution in [0.2, 0.25) is 0 Å². The number of oxazole rings is 1.